The fraction of sp³-hybridized carbons (Fsp3) is 0.881. The van der Waals surface area contributed by atoms with Crippen LogP contribution >= 0.6 is 7.82 Å². The van der Waals surface area contributed by atoms with Crippen LogP contribution < -0.4 is 0 Å². The van der Waals surface area contributed by atoms with Gasteiger partial charge in [0.25, 0.3) is 0 Å². The Morgan fingerprint density at radius 2 is 0.762 bits per heavy atom. The van der Waals surface area contributed by atoms with Crippen LogP contribution in [0.25, 0.3) is 0 Å². The summed E-state index contributed by atoms with van der Waals surface area (Å²) in [6.45, 7) is -1.03. The molecule has 28 atom stereocenters. The Bertz CT molecular complexity index is 2410. The predicted molar refractivity (Wildman–Crippen MR) is 352 cm³/mol. The lowest BCUT2D eigenvalue weighted by atomic mass is 9.84. The van der Waals surface area contributed by atoms with E-state index in [1.807, 2.05) is 0 Å². The Morgan fingerprint density at radius 3 is 1.22 bits per heavy atom. The first kappa shape index (κ1) is 88.9. The molecule has 12 unspecified atom stereocenters. The third-order valence-corrected chi connectivity index (χ3v) is 19.3. The smallest absolute Gasteiger partial charge is 0.462 e. The van der Waals surface area contributed by atoms with Gasteiger partial charge in [-0.05, 0) is 64.2 Å². The predicted octanol–water partition coefficient (Wildman–Crippen LogP) is -0.871. The van der Waals surface area contributed by atoms with E-state index in [-0.39, 0.29) is 12.8 Å². The summed E-state index contributed by atoms with van der Waals surface area (Å²) in [5, 5.41) is 183. The molecular formula is C67H117O33P. The fourth-order valence-corrected chi connectivity index (χ4v) is 13.1. The molecule has 4 heterocycles. The van der Waals surface area contributed by atoms with Crippen LogP contribution in [0.3, 0.4) is 0 Å². The first-order valence-electron chi connectivity index (χ1n) is 35.8. The first-order valence-corrected chi connectivity index (χ1v) is 37.3. The summed E-state index contributed by atoms with van der Waals surface area (Å²) in [6.07, 6.45) is -22.4. The molecule has 33 nitrogen and oxygen atoms in total. The molecule has 0 amide bonds. The van der Waals surface area contributed by atoms with Crippen molar-refractivity contribution in [1.29, 1.82) is 0 Å². The Balaban J connectivity index is 1.30. The summed E-state index contributed by atoms with van der Waals surface area (Å²) in [5.41, 5.74) is 0. The van der Waals surface area contributed by atoms with E-state index >= 15 is 0 Å². The molecule has 4 aliphatic heterocycles. The summed E-state index contributed by atoms with van der Waals surface area (Å²) in [5.74, 6) is -1.48. The number of carbonyl (C=O) groups is 2. The lowest BCUT2D eigenvalue weighted by molar-refractivity contribution is -0.365. The van der Waals surface area contributed by atoms with Gasteiger partial charge in [-0.15, -0.1) is 0 Å². The second kappa shape index (κ2) is 47.2. The number of hydrogen-bond donors (Lipinski definition) is 18. The second-order valence-electron chi connectivity index (χ2n) is 26.5. The minimum Gasteiger partial charge on any atom is -0.462 e. The van der Waals surface area contributed by atoms with Crippen molar-refractivity contribution in [3.05, 3.63) is 36.5 Å². The molecule has 34 heteroatoms. The van der Waals surface area contributed by atoms with Crippen LogP contribution in [-0.4, -0.2) is 309 Å². The molecule has 0 bridgehead atoms. The number of rotatable bonds is 47. The topological polar surface area (TPSA) is 526 Å². The third-order valence-electron chi connectivity index (χ3n) is 18.3. The SMILES string of the molecule is CCC/C=C\C/C=C\CCCCCCCC(=O)O[C@H](COC(=O)CCCCCCC/C=C\CCCCCCCC)COP(=O)(O)O[C@@H]1C(O[C@@H]2OC(CO[C@@H]3OC(CO[C@@H]4OC(CO)[C@H](O)C(O)[C@@H]4O)[C@H](O)C(O)[C@@H]3O)[C@H](O)C(O)[C@@H]2O)C(O)[C@@H](O)C(O)[C@H]1O[C@H]1OC(CO)[C@@H](O)C(O)[C@H]1O. The number of esters is 2. The number of ether oxygens (including phenoxy) is 10. The van der Waals surface area contributed by atoms with Crippen LogP contribution in [0.1, 0.15) is 168 Å². The zero-order chi connectivity index (χ0) is 74.2. The fourth-order valence-electron chi connectivity index (χ4n) is 12.1. The molecule has 4 saturated heterocycles. The van der Waals surface area contributed by atoms with Crippen LogP contribution in [0.2, 0.25) is 0 Å². The van der Waals surface area contributed by atoms with Crippen LogP contribution in [0.5, 0.6) is 0 Å². The summed E-state index contributed by atoms with van der Waals surface area (Å²) < 4.78 is 81.3. The maximum absolute atomic E-state index is 14.4. The molecule has 0 spiro atoms. The molecule has 0 aromatic carbocycles. The van der Waals surface area contributed by atoms with E-state index in [1.54, 1.807) is 0 Å². The van der Waals surface area contributed by atoms with Crippen molar-refractivity contribution in [1.82, 2.24) is 0 Å². The Kier molecular flexibility index (Phi) is 41.5. The minimum absolute atomic E-state index is 0.0192. The number of aliphatic hydroxyl groups is 17. The molecule has 101 heavy (non-hydrogen) atoms. The molecule has 5 rings (SSSR count). The van der Waals surface area contributed by atoms with E-state index < -0.39 is 225 Å². The molecule has 18 N–H and O–H groups in total. The molecular weight excluding hydrogens is 1360 g/mol. The highest BCUT2D eigenvalue weighted by molar-refractivity contribution is 7.47. The summed E-state index contributed by atoms with van der Waals surface area (Å²) in [4.78, 5) is 38.1. The standard InChI is InChI=1S/C67H117O33P/c1-3-5-7-9-11-13-15-17-18-20-21-23-25-27-29-31-44(70)89-35-39(93-45(71)32-30-28-26-24-22-19-16-14-12-10-8-6-4-2)36-92-101(87,88)100-63-61(98-66-59(85)51(77)47(73)41(34-69)95-66)55(81)54(80)56(82)62(63)99-67-60(86)53(79)49(75)43(97-67)38-91-65-58(84)52(78)48(74)42(96-65)37-90-64-57(83)50(76)46(72)40(33-68)94-64/h8,10,14,16-18,39-43,46-69,72-86H,3-7,9,11-13,15,19-38H2,1-2H3,(H,87,88)/b10-8-,16-14-,18-17-/t39-,40?,41?,42?,43?,46+,47-,48+,49+,50?,51?,52?,53?,54+,55?,56?,57+,58+,59-,60+,61-,62?,63+,64-,65-,66-,67+/m1/s1. The van der Waals surface area contributed by atoms with Gasteiger partial charge < -0.3 is 139 Å². The van der Waals surface area contributed by atoms with Crippen LogP contribution in [0.4, 0.5) is 0 Å². The number of hydrogen-bond acceptors (Lipinski definition) is 32. The van der Waals surface area contributed by atoms with E-state index in [0.717, 1.165) is 77.0 Å². The Labute approximate surface area is 589 Å². The average molecular weight is 1480 g/mol. The van der Waals surface area contributed by atoms with E-state index in [4.69, 9.17) is 56.4 Å². The number of carbonyl (C=O) groups excluding carboxylic acids is 2. The molecule has 5 aliphatic rings. The molecule has 1 saturated carbocycles. The average Bonchev–Trinajstić information content (AvgIpc) is 0.762. The number of unbranched alkanes of at least 4 members (excludes halogenated alkanes) is 17. The van der Waals surface area contributed by atoms with Crippen molar-refractivity contribution in [2.75, 3.05) is 39.6 Å². The monoisotopic (exact) mass is 1480 g/mol. The lowest BCUT2D eigenvalue weighted by Gasteiger charge is -2.49. The van der Waals surface area contributed by atoms with Gasteiger partial charge in [0.15, 0.2) is 31.3 Å². The normalized spacial score (nSPS) is 36.6. The van der Waals surface area contributed by atoms with E-state index in [9.17, 15) is 106 Å². The van der Waals surface area contributed by atoms with Crippen molar-refractivity contribution < 1.29 is 162 Å². The highest BCUT2D eigenvalue weighted by Crippen LogP contribution is 2.49. The third kappa shape index (κ3) is 28.7. The van der Waals surface area contributed by atoms with Gasteiger partial charge in [0.05, 0.1) is 33.0 Å². The molecule has 0 radical (unpaired) electrons. The minimum atomic E-state index is -5.82. The molecule has 0 aromatic heterocycles. The van der Waals surface area contributed by atoms with Gasteiger partial charge in [-0.25, -0.2) is 4.57 Å². The number of allylic oxidation sites excluding steroid dienone is 6. The van der Waals surface area contributed by atoms with E-state index in [0.29, 0.717) is 25.7 Å². The van der Waals surface area contributed by atoms with Crippen molar-refractivity contribution in [2.24, 2.45) is 0 Å². The van der Waals surface area contributed by atoms with Crippen molar-refractivity contribution >= 4 is 19.8 Å². The maximum atomic E-state index is 14.4. The number of phosphoric ester groups is 1. The highest BCUT2D eigenvalue weighted by Gasteiger charge is 2.59. The van der Waals surface area contributed by atoms with Crippen LogP contribution in [0.15, 0.2) is 36.5 Å². The van der Waals surface area contributed by atoms with Gasteiger partial charge in [-0.3, -0.25) is 18.6 Å². The van der Waals surface area contributed by atoms with Crippen LogP contribution in [-0.2, 0) is 70.6 Å². The molecule has 0 aromatic rings. The van der Waals surface area contributed by atoms with Crippen molar-refractivity contribution in [3.63, 3.8) is 0 Å². The zero-order valence-corrected chi connectivity index (χ0v) is 58.8. The van der Waals surface area contributed by atoms with Gasteiger partial charge in [0, 0.05) is 12.8 Å². The maximum Gasteiger partial charge on any atom is 0.472 e. The second-order valence-corrected chi connectivity index (χ2v) is 27.9. The Hall–Kier alpha value is -2.73. The van der Waals surface area contributed by atoms with Crippen LogP contribution in [0, 0.1) is 0 Å². The summed E-state index contributed by atoms with van der Waals surface area (Å²) in [6, 6.07) is 0. The van der Waals surface area contributed by atoms with E-state index in [1.165, 1.54) is 38.5 Å². The first-order chi connectivity index (χ1) is 48.3. The van der Waals surface area contributed by atoms with Gasteiger partial charge in [-0.1, -0.05) is 127 Å². The van der Waals surface area contributed by atoms with Gasteiger partial charge >= 0.3 is 19.8 Å². The quantitative estimate of drug-likeness (QED) is 0.0152. The molecule has 588 valence electrons. The summed E-state index contributed by atoms with van der Waals surface area (Å²) in [7, 11) is -5.82. The summed E-state index contributed by atoms with van der Waals surface area (Å²) >= 11 is 0. The molecule has 1 aliphatic carbocycles. The zero-order valence-electron chi connectivity index (χ0n) is 57.9. The van der Waals surface area contributed by atoms with Crippen molar-refractivity contribution in [2.45, 2.75) is 333 Å². The highest BCUT2D eigenvalue weighted by atomic mass is 31.2. The molecule has 5 fully saturated rings. The Morgan fingerprint density at radius 1 is 0.396 bits per heavy atom. The van der Waals surface area contributed by atoms with Gasteiger partial charge in [-0.2, -0.15) is 0 Å². The number of aliphatic hydroxyl groups excluding tert-OH is 17. The van der Waals surface area contributed by atoms with Gasteiger partial charge in [0.1, 0.15) is 141 Å². The number of phosphoric acid groups is 1. The van der Waals surface area contributed by atoms with Crippen molar-refractivity contribution in [3.8, 4) is 0 Å². The largest absolute Gasteiger partial charge is 0.472 e. The van der Waals surface area contributed by atoms with E-state index in [2.05, 4.69) is 50.3 Å². The lowest BCUT2D eigenvalue weighted by Crippen LogP contribution is -2.69. The van der Waals surface area contributed by atoms with Gasteiger partial charge in [0.2, 0.25) is 0 Å².